The molecule has 148 valence electrons. The molecule has 2 amide bonds. The molecule has 0 saturated heterocycles. The van der Waals surface area contributed by atoms with Crippen molar-refractivity contribution in [3.63, 3.8) is 0 Å². The van der Waals surface area contributed by atoms with Crippen molar-refractivity contribution in [1.29, 1.82) is 0 Å². The summed E-state index contributed by atoms with van der Waals surface area (Å²) in [5.74, 6) is 0.883. The van der Waals surface area contributed by atoms with E-state index < -0.39 is 0 Å². The third-order valence-electron chi connectivity index (χ3n) is 4.58. The highest BCUT2D eigenvalue weighted by Crippen LogP contribution is 2.32. The molecule has 0 aliphatic carbocycles. The molecule has 0 spiro atoms. The second-order valence-electron chi connectivity index (χ2n) is 6.58. The number of benzene rings is 2. The Balaban J connectivity index is 1.49. The number of fused-ring (bicyclic) bond motifs is 1. The summed E-state index contributed by atoms with van der Waals surface area (Å²) in [4.78, 5) is 25.9. The number of hydrogen-bond acceptors (Lipinski definition) is 5. The number of ether oxygens (including phenoxy) is 2. The van der Waals surface area contributed by atoms with Gasteiger partial charge in [-0.15, -0.1) is 11.3 Å². The third kappa shape index (κ3) is 4.25. The van der Waals surface area contributed by atoms with Crippen molar-refractivity contribution in [3.8, 4) is 11.5 Å². The Kier molecular flexibility index (Phi) is 5.48. The maximum absolute atomic E-state index is 12.9. The van der Waals surface area contributed by atoms with E-state index >= 15 is 0 Å². The second-order valence-corrected chi connectivity index (χ2v) is 7.52. The summed E-state index contributed by atoms with van der Waals surface area (Å²) in [6.07, 6.45) is 0. The molecule has 1 unspecified atom stereocenters. The molecule has 4 rings (SSSR count). The lowest BCUT2D eigenvalue weighted by atomic mass is 10.1. The van der Waals surface area contributed by atoms with Crippen molar-refractivity contribution < 1.29 is 19.1 Å². The average Bonchev–Trinajstić information content (AvgIpc) is 3.29. The zero-order valence-corrected chi connectivity index (χ0v) is 16.6. The van der Waals surface area contributed by atoms with Gasteiger partial charge in [0.05, 0.1) is 22.2 Å². The van der Waals surface area contributed by atoms with Gasteiger partial charge >= 0.3 is 0 Å². The van der Waals surface area contributed by atoms with Gasteiger partial charge in [-0.25, -0.2) is 0 Å². The average molecular weight is 408 g/mol. The molecule has 2 heterocycles. The third-order valence-corrected chi connectivity index (χ3v) is 5.45. The van der Waals surface area contributed by atoms with Crippen LogP contribution < -0.4 is 20.1 Å². The number of amides is 2. The highest BCUT2D eigenvalue weighted by atomic mass is 32.1. The van der Waals surface area contributed by atoms with Crippen LogP contribution >= 0.6 is 11.3 Å². The number of para-hydroxylation sites is 1. The molecule has 6 nitrogen and oxygen atoms in total. The quantitative estimate of drug-likeness (QED) is 0.661. The minimum absolute atomic E-state index is 0.236. The molecule has 1 aliphatic heterocycles. The molecule has 7 heteroatoms. The van der Waals surface area contributed by atoms with Gasteiger partial charge in [0.1, 0.15) is 13.2 Å². The highest BCUT2D eigenvalue weighted by molar-refractivity contribution is 7.12. The van der Waals surface area contributed by atoms with Gasteiger partial charge in [0.2, 0.25) is 0 Å². The molecule has 0 bridgehead atoms. The Morgan fingerprint density at radius 1 is 0.966 bits per heavy atom. The predicted octanol–water partition coefficient (Wildman–Crippen LogP) is 4.26. The minimum Gasteiger partial charge on any atom is -0.486 e. The van der Waals surface area contributed by atoms with E-state index in [1.165, 1.54) is 11.3 Å². The summed E-state index contributed by atoms with van der Waals surface area (Å²) >= 11 is 1.35. The molecule has 2 aromatic carbocycles. The van der Waals surface area contributed by atoms with Gasteiger partial charge < -0.3 is 20.1 Å². The van der Waals surface area contributed by atoms with Crippen molar-refractivity contribution in [1.82, 2.24) is 5.32 Å². The summed E-state index contributed by atoms with van der Waals surface area (Å²) in [6, 6.07) is 15.9. The fourth-order valence-corrected chi connectivity index (χ4v) is 3.69. The zero-order valence-electron chi connectivity index (χ0n) is 15.8. The number of anilines is 1. The molecule has 1 aromatic heterocycles. The number of nitrogens with one attached hydrogen (secondary N) is 2. The van der Waals surface area contributed by atoms with Gasteiger partial charge in [-0.2, -0.15) is 0 Å². The van der Waals surface area contributed by atoms with Crippen molar-refractivity contribution in [2.24, 2.45) is 0 Å². The SMILES string of the molecule is CC(NC(=O)c1ccccc1NC(=O)c1cccs1)c1ccc2c(c1)OCCO2. The molecule has 1 atom stereocenters. The molecule has 1 aliphatic rings. The van der Waals surface area contributed by atoms with Crippen LogP contribution in [0.2, 0.25) is 0 Å². The lowest BCUT2D eigenvalue weighted by molar-refractivity contribution is 0.0940. The van der Waals surface area contributed by atoms with Gasteiger partial charge in [0, 0.05) is 0 Å². The number of carbonyl (C=O) groups excluding carboxylic acids is 2. The minimum atomic E-state index is -0.269. The van der Waals surface area contributed by atoms with Crippen LogP contribution in [0.3, 0.4) is 0 Å². The van der Waals surface area contributed by atoms with E-state index in [0.717, 1.165) is 5.56 Å². The van der Waals surface area contributed by atoms with Crippen LogP contribution in [0.1, 0.15) is 38.6 Å². The standard InChI is InChI=1S/C22H20N2O4S/c1-14(15-8-9-18-19(13-15)28-11-10-27-18)23-21(25)16-5-2-3-6-17(16)24-22(26)20-7-4-12-29-20/h2-9,12-14H,10-11H2,1H3,(H,23,25)(H,24,26). The summed E-state index contributed by atoms with van der Waals surface area (Å²) in [6.45, 7) is 2.94. The summed E-state index contributed by atoms with van der Waals surface area (Å²) in [7, 11) is 0. The molecular weight excluding hydrogens is 388 g/mol. The lowest BCUT2D eigenvalue weighted by Crippen LogP contribution is -2.28. The molecule has 0 saturated carbocycles. The van der Waals surface area contributed by atoms with Gasteiger partial charge in [0.15, 0.2) is 11.5 Å². The summed E-state index contributed by atoms with van der Waals surface area (Å²) in [5, 5.41) is 7.64. The lowest BCUT2D eigenvalue weighted by Gasteiger charge is -2.21. The van der Waals surface area contributed by atoms with E-state index in [2.05, 4.69) is 10.6 Å². The Labute approximate surface area is 172 Å². The Bertz CT molecular complexity index is 1030. The number of thiophene rings is 1. The van der Waals surface area contributed by atoms with E-state index in [4.69, 9.17) is 9.47 Å². The normalized spacial score (nSPS) is 13.4. The first kappa shape index (κ1) is 19.0. The van der Waals surface area contributed by atoms with Crippen molar-refractivity contribution in [2.75, 3.05) is 18.5 Å². The van der Waals surface area contributed by atoms with Crippen LogP contribution in [0.25, 0.3) is 0 Å². The van der Waals surface area contributed by atoms with E-state index in [1.807, 2.05) is 36.6 Å². The predicted molar refractivity (Wildman–Crippen MR) is 112 cm³/mol. The summed E-state index contributed by atoms with van der Waals surface area (Å²) in [5.41, 5.74) is 1.78. The van der Waals surface area contributed by atoms with Crippen LogP contribution in [0, 0.1) is 0 Å². The smallest absolute Gasteiger partial charge is 0.265 e. The van der Waals surface area contributed by atoms with E-state index in [1.54, 1.807) is 30.3 Å². The van der Waals surface area contributed by atoms with Gasteiger partial charge in [-0.1, -0.05) is 24.3 Å². The maximum atomic E-state index is 12.9. The molecule has 3 aromatic rings. The Morgan fingerprint density at radius 3 is 2.55 bits per heavy atom. The largest absolute Gasteiger partial charge is 0.486 e. The zero-order chi connectivity index (χ0) is 20.2. The number of carbonyl (C=O) groups is 2. The number of rotatable bonds is 5. The van der Waals surface area contributed by atoms with E-state index in [9.17, 15) is 9.59 Å². The fraction of sp³-hybridized carbons (Fsp3) is 0.182. The molecule has 29 heavy (non-hydrogen) atoms. The van der Waals surface area contributed by atoms with Gasteiger partial charge in [-0.3, -0.25) is 9.59 Å². The molecule has 0 radical (unpaired) electrons. The van der Waals surface area contributed by atoms with Crippen LogP contribution in [0.15, 0.2) is 60.0 Å². The highest BCUT2D eigenvalue weighted by Gasteiger charge is 2.19. The first-order valence-electron chi connectivity index (χ1n) is 9.26. The topological polar surface area (TPSA) is 76.7 Å². The van der Waals surface area contributed by atoms with Crippen LogP contribution in [-0.4, -0.2) is 25.0 Å². The van der Waals surface area contributed by atoms with Crippen LogP contribution in [-0.2, 0) is 0 Å². The molecular formula is C22H20N2O4S. The summed E-state index contributed by atoms with van der Waals surface area (Å²) < 4.78 is 11.2. The van der Waals surface area contributed by atoms with Gasteiger partial charge in [-0.05, 0) is 48.2 Å². The Hall–Kier alpha value is -3.32. The van der Waals surface area contributed by atoms with Crippen LogP contribution in [0.5, 0.6) is 11.5 Å². The molecule has 0 fully saturated rings. The maximum Gasteiger partial charge on any atom is 0.265 e. The number of hydrogen-bond donors (Lipinski definition) is 2. The van der Waals surface area contributed by atoms with E-state index in [0.29, 0.717) is 40.8 Å². The first-order chi connectivity index (χ1) is 14.1. The monoisotopic (exact) mass is 408 g/mol. The van der Waals surface area contributed by atoms with E-state index in [-0.39, 0.29) is 17.9 Å². The van der Waals surface area contributed by atoms with Gasteiger partial charge in [0.25, 0.3) is 11.8 Å². The van der Waals surface area contributed by atoms with Crippen molar-refractivity contribution >= 4 is 28.8 Å². The second kappa shape index (κ2) is 8.36. The van der Waals surface area contributed by atoms with Crippen molar-refractivity contribution in [2.45, 2.75) is 13.0 Å². The first-order valence-corrected chi connectivity index (χ1v) is 10.1. The van der Waals surface area contributed by atoms with Crippen LogP contribution in [0.4, 0.5) is 5.69 Å². The Morgan fingerprint density at radius 2 is 1.76 bits per heavy atom. The molecule has 2 N–H and O–H groups in total. The van der Waals surface area contributed by atoms with Crippen molar-refractivity contribution in [3.05, 3.63) is 76.0 Å². The fourth-order valence-electron chi connectivity index (χ4n) is 3.07.